The molecule has 1 aliphatic rings. The summed E-state index contributed by atoms with van der Waals surface area (Å²) in [4.78, 5) is 19.2. The van der Waals surface area contributed by atoms with E-state index in [1.54, 1.807) is 6.20 Å². The third kappa shape index (κ3) is 2.70. The van der Waals surface area contributed by atoms with Crippen LogP contribution in [0.5, 0.6) is 0 Å². The SMILES string of the molecule is CN1CCC(Nc2ncc3c(-c4ccc5nccn5c4)c[nH]c3n2)CC1. The Kier molecular flexibility index (Phi) is 3.60. The van der Waals surface area contributed by atoms with E-state index in [1.807, 2.05) is 29.1 Å². The van der Waals surface area contributed by atoms with E-state index < -0.39 is 0 Å². The molecule has 1 aliphatic heterocycles. The third-order valence-corrected chi connectivity index (χ3v) is 5.18. The highest BCUT2D eigenvalue weighted by Crippen LogP contribution is 2.28. The molecule has 0 unspecified atom stereocenters. The van der Waals surface area contributed by atoms with Crippen molar-refractivity contribution in [1.29, 1.82) is 0 Å². The van der Waals surface area contributed by atoms with E-state index in [9.17, 15) is 0 Å². The number of pyridine rings is 1. The molecule has 5 rings (SSSR count). The second-order valence-corrected chi connectivity index (χ2v) is 6.99. The summed E-state index contributed by atoms with van der Waals surface area (Å²) in [6, 6.07) is 4.54. The average Bonchev–Trinajstić information content (AvgIpc) is 3.29. The maximum atomic E-state index is 4.68. The molecular weight excluding hydrogens is 326 g/mol. The maximum Gasteiger partial charge on any atom is 0.224 e. The summed E-state index contributed by atoms with van der Waals surface area (Å²) in [7, 11) is 2.17. The molecule has 7 heteroatoms. The summed E-state index contributed by atoms with van der Waals surface area (Å²) in [6.45, 7) is 2.23. The first-order valence-electron chi connectivity index (χ1n) is 8.98. The number of hydrogen-bond donors (Lipinski definition) is 2. The maximum absolute atomic E-state index is 4.68. The Labute approximate surface area is 151 Å². The van der Waals surface area contributed by atoms with Gasteiger partial charge in [-0.05, 0) is 45.1 Å². The van der Waals surface area contributed by atoms with Gasteiger partial charge < -0.3 is 19.6 Å². The normalized spacial score (nSPS) is 16.5. The van der Waals surface area contributed by atoms with Crippen molar-refractivity contribution in [2.24, 2.45) is 0 Å². The number of anilines is 1. The zero-order valence-corrected chi connectivity index (χ0v) is 14.7. The zero-order chi connectivity index (χ0) is 17.5. The Hall–Kier alpha value is -2.93. The smallest absolute Gasteiger partial charge is 0.224 e. The highest BCUT2D eigenvalue weighted by atomic mass is 15.2. The van der Waals surface area contributed by atoms with Crippen LogP contribution in [0.2, 0.25) is 0 Å². The fraction of sp³-hybridized carbons (Fsp3) is 0.316. The topological polar surface area (TPSA) is 74.1 Å². The van der Waals surface area contributed by atoms with E-state index >= 15 is 0 Å². The van der Waals surface area contributed by atoms with Crippen molar-refractivity contribution in [2.75, 3.05) is 25.5 Å². The lowest BCUT2D eigenvalue weighted by molar-refractivity contribution is 0.263. The summed E-state index contributed by atoms with van der Waals surface area (Å²) < 4.78 is 2.02. The van der Waals surface area contributed by atoms with Crippen molar-refractivity contribution in [3.05, 3.63) is 43.1 Å². The van der Waals surface area contributed by atoms with Gasteiger partial charge in [0.25, 0.3) is 0 Å². The number of imidazole rings is 1. The van der Waals surface area contributed by atoms with Crippen LogP contribution in [0.3, 0.4) is 0 Å². The molecule has 0 spiro atoms. The van der Waals surface area contributed by atoms with E-state index in [0.29, 0.717) is 12.0 Å². The van der Waals surface area contributed by atoms with Crippen LogP contribution in [0.15, 0.2) is 43.1 Å². The Bertz CT molecular complexity index is 1060. The fourth-order valence-electron chi connectivity index (χ4n) is 3.63. The van der Waals surface area contributed by atoms with Crippen LogP contribution in [0.4, 0.5) is 5.95 Å². The lowest BCUT2D eigenvalue weighted by atomic mass is 10.1. The fourth-order valence-corrected chi connectivity index (χ4v) is 3.63. The van der Waals surface area contributed by atoms with E-state index in [0.717, 1.165) is 53.7 Å². The van der Waals surface area contributed by atoms with Gasteiger partial charge in [0.05, 0.1) is 0 Å². The van der Waals surface area contributed by atoms with Crippen LogP contribution in [0.1, 0.15) is 12.8 Å². The molecule has 5 heterocycles. The monoisotopic (exact) mass is 347 g/mol. The molecule has 7 nitrogen and oxygen atoms in total. The average molecular weight is 347 g/mol. The molecule has 26 heavy (non-hydrogen) atoms. The third-order valence-electron chi connectivity index (χ3n) is 5.18. The molecule has 4 aromatic heterocycles. The number of nitrogens with one attached hydrogen (secondary N) is 2. The Morgan fingerprint density at radius 1 is 1.19 bits per heavy atom. The number of nitrogens with zero attached hydrogens (tertiary/aromatic N) is 5. The summed E-state index contributed by atoms with van der Waals surface area (Å²) in [5.41, 5.74) is 4.01. The Morgan fingerprint density at radius 2 is 2.08 bits per heavy atom. The first kappa shape index (κ1) is 15.3. The van der Waals surface area contributed by atoms with Gasteiger partial charge in [-0.25, -0.2) is 9.97 Å². The van der Waals surface area contributed by atoms with Crippen molar-refractivity contribution < 1.29 is 0 Å². The number of fused-ring (bicyclic) bond motifs is 2. The Morgan fingerprint density at radius 3 is 2.96 bits per heavy atom. The molecule has 1 saturated heterocycles. The van der Waals surface area contributed by atoms with Crippen LogP contribution < -0.4 is 5.32 Å². The number of aromatic amines is 1. The van der Waals surface area contributed by atoms with Crippen molar-refractivity contribution in [1.82, 2.24) is 29.2 Å². The molecule has 132 valence electrons. The molecule has 0 saturated carbocycles. The second-order valence-electron chi connectivity index (χ2n) is 6.99. The van der Waals surface area contributed by atoms with Crippen LogP contribution in [-0.2, 0) is 0 Å². The predicted molar refractivity (Wildman–Crippen MR) is 102 cm³/mol. The van der Waals surface area contributed by atoms with Gasteiger partial charge in [-0.3, -0.25) is 0 Å². The molecule has 0 bridgehead atoms. The molecule has 0 amide bonds. The van der Waals surface area contributed by atoms with Gasteiger partial charge >= 0.3 is 0 Å². The lowest BCUT2D eigenvalue weighted by Gasteiger charge is -2.29. The van der Waals surface area contributed by atoms with Crippen LogP contribution in [0, 0.1) is 0 Å². The van der Waals surface area contributed by atoms with Gasteiger partial charge in [0, 0.05) is 53.5 Å². The summed E-state index contributed by atoms with van der Waals surface area (Å²) >= 11 is 0. The Balaban J connectivity index is 1.44. The van der Waals surface area contributed by atoms with Crippen LogP contribution in [-0.4, -0.2) is 55.4 Å². The molecule has 1 fully saturated rings. The highest BCUT2D eigenvalue weighted by molar-refractivity contribution is 5.93. The van der Waals surface area contributed by atoms with Gasteiger partial charge in [0.1, 0.15) is 11.3 Å². The summed E-state index contributed by atoms with van der Waals surface area (Å²) in [5.74, 6) is 0.700. The summed E-state index contributed by atoms with van der Waals surface area (Å²) in [6.07, 6.45) is 12.0. The molecule has 4 aromatic rings. The number of H-pyrrole nitrogens is 1. The molecule has 2 N–H and O–H groups in total. The largest absolute Gasteiger partial charge is 0.351 e. The number of rotatable bonds is 3. The van der Waals surface area contributed by atoms with E-state index in [1.165, 1.54) is 0 Å². The number of piperidine rings is 1. The van der Waals surface area contributed by atoms with Gasteiger partial charge in [-0.2, -0.15) is 4.98 Å². The minimum atomic E-state index is 0.446. The number of aromatic nitrogens is 5. The van der Waals surface area contributed by atoms with Gasteiger partial charge in [-0.1, -0.05) is 0 Å². The standard InChI is InChI=1S/C19H21N7/c1-25-7-4-14(5-8-25)23-19-22-11-16-15(10-21-18(16)24-19)13-2-3-17-20-6-9-26(17)12-13/h2-3,6,9-12,14H,4-5,7-8H2,1H3,(H2,21,22,23,24). The number of hydrogen-bond acceptors (Lipinski definition) is 5. The second kappa shape index (κ2) is 6.10. The number of likely N-dealkylation sites (tertiary alicyclic amines) is 1. The van der Waals surface area contributed by atoms with Crippen molar-refractivity contribution in [3.8, 4) is 11.1 Å². The van der Waals surface area contributed by atoms with Gasteiger partial charge in [0.15, 0.2) is 0 Å². The first-order valence-corrected chi connectivity index (χ1v) is 8.98. The van der Waals surface area contributed by atoms with E-state index in [4.69, 9.17) is 0 Å². The van der Waals surface area contributed by atoms with Crippen molar-refractivity contribution >= 4 is 22.6 Å². The van der Waals surface area contributed by atoms with Gasteiger partial charge in [-0.15, -0.1) is 0 Å². The lowest BCUT2D eigenvalue weighted by Crippen LogP contribution is -2.37. The highest BCUT2D eigenvalue weighted by Gasteiger charge is 2.18. The molecule has 0 aromatic carbocycles. The van der Waals surface area contributed by atoms with Crippen molar-refractivity contribution in [2.45, 2.75) is 18.9 Å². The predicted octanol–water partition coefficient (Wildman–Crippen LogP) is 2.78. The molecule has 0 aliphatic carbocycles. The minimum absolute atomic E-state index is 0.446. The van der Waals surface area contributed by atoms with Crippen LogP contribution >= 0.6 is 0 Å². The van der Waals surface area contributed by atoms with Crippen molar-refractivity contribution in [3.63, 3.8) is 0 Å². The minimum Gasteiger partial charge on any atom is -0.351 e. The molecule has 0 radical (unpaired) electrons. The first-order chi connectivity index (χ1) is 12.8. The van der Waals surface area contributed by atoms with E-state index in [-0.39, 0.29) is 0 Å². The van der Waals surface area contributed by atoms with E-state index in [2.05, 4.69) is 49.5 Å². The molecule has 0 atom stereocenters. The quantitative estimate of drug-likeness (QED) is 0.596. The van der Waals surface area contributed by atoms with Crippen LogP contribution in [0.25, 0.3) is 27.8 Å². The molecular formula is C19H21N7. The summed E-state index contributed by atoms with van der Waals surface area (Å²) in [5, 5.41) is 4.51. The van der Waals surface area contributed by atoms with Gasteiger partial charge in [0.2, 0.25) is 5.95 Å². The zero-order valence-electron chi connectivity index (χ0n) is 14.7.